The fraction of sp³-hybridized carbons (Fsp3) is 0.300. The highest BCUT2D eigenvalue weighted by Gasteiger charge is 2.09. The number of imidazole rings is 1. The van der Waals surface area contributed by atoms with Crippen molar-refractivity contribution in [2.45, 2.75) is 33.7 Å². The minimum absolute atomic E-state index is 0.000267. The third-order valence-electron chi connectivity index (χ3n) is 4.32. The molecule has 0 radical (unpaired) electrons. The molecule has 0 bridgehead atoms. The Hall–Kier alpha value is -2.62. The summed E-state index contributed by atoms with van der Waals surface area (Å²) in [6.07, 6.45) is 0.873. The lowest BCUT2D eigenvalue weighted by Crippen LogP contribution is -2.26. The SMILES string of the molecule is Cc1ccc(C(=O)NCCCn2c(C)nc3ccccc32)c(C)c1. The van der Waals surface area contributed by atoms with Crippen molar-refractivity contribution in [2.75, 3.05) is 6.54 Å². The van der Waals surface area contributed by atoms with Crippen LogP contribution < -0.4 is 5.32 Å². The lowest BCUT2D eigenvalue weighted by atomic mass is 10.1. The first-order chi connectivity index (χ1) is 11.6. The normalized spacial score (nSPS) is 11.0. The van der Waals surface area contributed by atoms with Gasteiger partial charge in [0, 0.05) is 18.7 Å². The number of para-hydroxylation sites is 2. The average Bonchev–Trinajstić information content (AvgIpc) is 2.87. The van der Waals surface area contributed by atoms with Crippen LogP contribution in [0.2, 0.25) is 0 Å². The Kier molecular flexibility index (Phi) is 4.65. The third-order valence-corrected chi connectivity index (χ3v) is 4.32. The van der Waals surface area contributed by atoms with E-state index in [-0.39, 0.29) is 5.91 Å². The smallest absolute Gasteiger partial charge is 0.251 e. The molecule has 1 aromatic heterocycles. The van der Waals surface area contributed by atoms with Crippen LogP contribution in [0.25, 0.3) is 11.0 Å². The van der Waals surface area contributed by atoms with Crippen LogP contribution >= 0.6 is 0 Å². The minimum Gasteiger partial charge on any atom is -0.352 e. The van der Waals surface area contributed by atoms with E-state index in [1.165, 1.54) is 5.56 Å². The number of benzene rings is 2. The molecule has 1 N–H and O–H groups in total. The van der Waals surface area contributed by atoms with Gasteiger partial charge in [-0.05, 0) is 51.0 Å². The van der Waals surface area contributed by atoms with E-state index < -0.39 is 0 Å². The van der Waals surface area contributed by atoms with Gasteiger partial charge in [0.05, 0.1) is 11.0 Å². The van der Waals surface area contributed by atoms with Crippen LogP contribution in [0.5, 0.6) is 0 Å². The first-order valence-electron chi connectivity index (χ1n) is 8.33. The molecule has 3 aromatic rings. The highest BCUT2D eigenvalue weighted by atomic mass is 16.1. The number of carbonyl (C=O) groups excluding carboxylic acids is 1. The summed E-state index contributed by atoms with van der Waals surface area (Å²) < 4.78 is 2.21. The van der Waals surface area contributed by atoms with Crippen molar-refractivity contribution >= 4 is 16.9 Å². The van der Waals surface area contributed by atoms with E-state index in [0.717, 1.165) is 41.0 Å². The van der Waals surface area contributed by atoms with Crippen molar-refractivity contribution in [3.63, 3.8) is 0 Å². The monoisotopic (exact) mass is 321 g/mol. The number of rotatable bonds is 5. The molecule has 0 saturated heterocycles. The summed E-state index contributed by atoms with van der Waals surface area (Å²) >= 11 is 0. The molecule has 124 valence electrons. The fourth-order valence-corrected chi connectivity index (χ4v) is 3.08. The van der Waals surface area contributed by atoms with Crippen molar-refractivity contribution in [1.29, 1.82) is 0 Å². The zero-order valence-electron chi connectivity index (χ0n) is 14.5. The van der Waals surface area contributed by atoms with E-state index in [0.29, 0.717) is 6.54 Å². The second kappa shape index (κ2) is 6.87. The van der Waals surface area contributed by atoms with Gasteiger partial charge < -0.3 is 9.88 Å². The number of aryl methyl sites for hydroxylation is 4. The molecule has 2 aromatic carbocycles. The van der Waals surface area contributed by atoms with Gasteiger partial charge in [0.1, 0.15) is 5.82 Å². The Morgan fingerprint density at radius 1 is 1.12 bits per heavy atom. The third kappa shape index (κ3) is 3.32. The zero-order chi connectivity index (χ0) is 17.1. The summed E-state index contributed by atoms with van der Waals surface area (Å²) in [5.41, 5.74) is 5.12. The van der Waals surface area contributed by atoms with Crippen molar-refractivity contribution in [1.82, 2.24) is 14.9 Å². The molecule has 4 heteroatoms. The summed E-state index contributed by atoms with van der Waals surface area (Å²) in [6, 6.07) is 14.1. The Balaban J connectivity index is 1.58. The van der Waals surface area contributed by atoms with Gasteiger partial charge in [-0.1, -0.05) is 29.8 Å². The number of nitrogens with one attached hydrogen (secondary N) is 1. The first kappa shape index (κ1) is 16.2. The number of amides is 1. The van der Waals surface area contributed by atoms with Gasteiger partial charge in [0.15, 0.2) is 0 Å². The van der Waals surface area contributed by atoms with Crippen LogP contribution in [0, 0.1) is 20.8 Å². The largest absolute Gasteiger partial charge is 0.352 e. The van der Waals surface area contributed by atoms with Crippen LogP contribution in [0.15, 0.2) is 42.5 Å². The number of fused-ring (bicyclic) bond motifs is 1. The standard InChI is InChI=1S/C20H23N3O/c1-14-9-10-17(15(2)13-14)20(24)21-11-6-12-23-16(3)22-18-7-4-5-8-19(18)23/h4-5,7-10,13H,6,11-12H2,1-3H3,(H,21,24). The Bertz CT molecular complexity index is 880. The van der Waals surface area contributed by atoms with Gasteiger partial charge in [-0.25, -0.2) is 4.98 Å². The molecule has 0 atom stereocenters. The molecule has 4 nitrogen and oxygen atoms in total. The number of hydrogen-bond acceptors (Lipinski definition) is 2. The van der Waals surface area contributed by atoms with Crippen LogP contribution in [-0.4, -0.2) is 22.0 Å². The fourth-order valence-electron chi connectivity index (χ4n) is 3.08. The molecule has 0 aliphatic heterocycles. The maximum atomic E-state index is 12.3. The van der Waals surface area contributed by atoms with E-state index in [1.54, 1.807) is 0 Å². The van der Waals surface area contributed by atoms with Crippen LogP contribution in [0.3, 0.4) is 0 Å². The maximum absolute atomic E-state index is 12.3. The molecule has 0 spiro atoms. The number of nitrogens with zero attached hydrogens (tertiary/aromatic N) is 2. The van der Waals surface area contributed by atoms with Crippen molar-refractivity contribution in [2.24, 2.45) is 0 Å². The van der Waals surface area contributed by atoms with Crippen LogP contribution in [-0.2, 0) is 6.54 Å². The molecule has 0 unspecified atom stereocenters. The van der Waals surface area contributed by atoms with Crippen molar-refractivity contribution < 1.29 is 4.79 Å². The second-order valence-electron chi connectivity index (χ2n) is 6.23. The van der Waals surface area contributed by atoms with Gasteiger partial charge in [0.25, 0.3) is 5.91 Å². The van der Waals surface area contributed by atoms with Crippen LogP contribution in [0.1, 0.15) is 33.7 Å². The second-order valence-corrected chi connectivity index (χ2v) is 6.23. The lowest BCUT2D eigenvalue weighted by molar-refractivity contribution is 0.0952. The molecule has 0 saturated carbocycles. The average molecular weight is 321 g/mol. The highest BCUT2D eigenvalue weighted by molar-refractivity contribution is 5.95. The molecule has 24 heavy (non-hydrogen) atoms. The van der Waals surface area contributed by atoms with E-state index in [9.17, 15) is 4.79 Å². The van der Waals surface area contributed by atoms with Crippen molar-refractivity contribution in [3.05, 3.63) is 65.0 Å². The predicted octanol–water partition coefficient (Wildman–Crippen LogP) is 3.78. The maximum Gasteiger partial charge on any atom is 0.251 e. The number of carbonyl (C=O) groups is 1. The Morgan fingerprint density at radius 3 is 2.71 bits per heavy atom. The van der Waals surface area contributed by atoms with Crippen molar-refractivity contribution in [3.8, 4) is 0 Å². The van der Waals surface area contributed by atoms with Gasteiger partial charge >= 0.3 is 0 Å². The topological polar surface area (TPSA) is 46.9 Å². The van der Waals surface area contributed by atoms with E-state index in [2.05, 4.69) is 20.9 Å². The first-order valence-corrected chi connectivity index (χ1v) is 8.33. The van der Waals surface area contributed by atoms with E-state index in [4.69, 9.17) is 0 Å². The molecular formula is C20H23N3O. The summed E-state index contributed by atoms with van der Waals surface area (Å²) in [6.45, 7) is 7.53. The highest BCUT2D eigenvalue weighted by Crippen LogP contribution is 2.15. The van der Waals surface area contributed by atoms with Gasteiger partial charge in [-0.15, -0.1) is 0 Å². The molecule has 3 rings (SSSR count). The van der Waals surface area contributed by atoms with E-state index >= 15 is 0 Å². The summed E-state index contributed by atoms with van der Waals surface area (Å²) in [7, 11) is 0. The Labute approximate surface area is 142 Å². The van der Waals surface area contributed by atoms with Gasteiger partial charge in [-0.2, -0.15) is 0 Å². The Morgan fingerprint density at radius 2 is 1.92 bits per heavy atom. The van der Waals surface area contributed by atoms with E-state index in [1.807, 2.05) is 57.2 Å². The molecule has 0 aliphatic carbocycles. The van der Waals surface area contributed by atoms with Gasteiger partial charge in [0.2, 0.25) is 0 Å². The molecule has 1 heterocycles. The molecular weight excluding hydrogens is 298 g/mol. The lowest BCUT2D eigenvalue weighted by Gasteiger charge is -2.10. The zero-order valence-corrected chi connectivity index (χ0v) is 14.5. The quantitative estimate of drug-likeness (QED) is 0.727. The minimum atomic E-state index is -0.000267. The number of hydrogen-bond donors (Lipinski definition) is 1. The molecule has 1 amide bonds. The van der Waals surface area contributed by atoms with Crippen LogP contribution in [0.4, 0.5) is 0 Å². The molecule has 0 fully saturated rings. The summed E-state index contributed by atoms with van der Waals surface area (Å²) in [4.78, 5) is 16.9. The summed E-state index contributed by atoms with van der Waals surface area (Å²) in [5.74, 6) is 1.01. The summed E-state index contributed by atoms with van der Waals surface area (Å²) in [5, 5.41) is 3.02. The predicted molar refractivity (Wildman–Crippen MR) is 97.3 cm³/mol. The number of aromatic nitrogens is 2. The molecule has 0 aliphatic rings. The van der Waals surface area contributed by atoms with Gasteiger partial charge in [-0.3, -0.25) is 4.79 Å².